The molecule has 0 aromatic heterocycles. The van der Waals surface area contributed by atoms with Gasteiger partial charge in [0.2, 0.25) is 5.91 Å². The van der Waals surface area contributed by atoms with Crippen molar-refractivity contribution in [2.75, 3.05) is 11.9 Å². The maximum absolute atomic E-state index is 12.2. The number of halogens is 1. The van der Waals surface area contributed by atoms with Gasteiger partial charge >= 0.3 is 5.97 Å². The van der Waals surface area contributed by atoms with Gasteiger partial charge in [0.25, 0.3) is 5.91 Å². The van der Waals surface area contributed by atoms with E-state index in [-0.39, 0.29) is 29.0 Å². The average molecular weight is 341 g/mol. The van der Waals surface area contributed by atoms with Gasteiger partial charge in [0.1, 0.15) is 0 Å². The van der Waals surface area contributed by atoms with E-state index in [0.29, 0.717) is 5.69 Å². The van der Waals surface area contributed by atoms with E-state index in [1.807, 2.05) is 0 Å². The summed E-state index contributed by atoms with van der Waals surface area (Å²) in [5.41, 5.74) is -0.462. The molecule has 0 spiro atoms. The van der Waals surface area contributed by atoms with Gasteiger partial charge in [0.05, 0.1) is 16.0 Å². The highest BCUT2D eigenvalue weighted by atomic mass is 35.5. The maximum Gasteiger partial charge on any atom is 0.310 e. The van der Waals surface area contributed by atoms with Crippen molar-refractivity contribution in [2.45, 2.75) is 27.7 Å². The van der Waals surface area contributed by atoms with Crippen molar-refractivity contribution in [3.05, 3.63) is 28.8 Å². The average Bonchev–Trinajstić information content (AvgIpc) is 2.46. The summed E-state index contributed by atoms with van der Waals surface area (Å²) in [6, 6.07) is 4.57. The number of carbonyl (C=O) groups excluding carboxylic acids is 2. The van der Waals surface area contributed by atoms with Crippen LogP contribution in [0.5, 0.6) is 0 Å². The summed E-state index contributed by atoms with van der Waals surface area (Å²) < 4.78 is 0. The molecule has 126 valence electrons. The molecule has 0 unspecified atom stereocenters. The number of carbonyl (C=O) groups is 3. The van der Waals surface area contributed by atoms with Crippen molar-refractivity contribution in [1.29, 1.82) is 0 Å². The molecule has 6 nitrogen and oxygen atoms in total. The van der Waals surface area contributed by atoms with Gasteiger partial charge in [-0.05, 0) is 32.0 Å². The zero-order valence-electron chi connectivity index (χ0n) is 13.6. The van der Waals surface area contributed by atoms with E-state index in [2.05, 4.69) is 10.6 Å². The van der Waals surface area contributed by atoms with Crippen LogP contribution in [0.1, 0.15) is 38.1 Å². The lowest BCUT2D eigenvalue weighted by Crippen LogP contribution is -2.39. The number of hydrogen-bond donors (Lipinski definition) is 3. The van der Waals surface area contributed by atoms with Crippen LogP contribution in [0.3, 0.4) is 0 Å². The molecule has 3 N–H and O–H groups in total. The quantitative estimate of drug-likeness (QED) is 0.742. The topological polar surface area (TPSA) is 95.5 Å². The van der Waals surface area contributed by atoms with E-state index in [9.17, 15) is 14.4 Å². The van der Waals surface area contributed by atoms with Crippen molar-refractivity contribution in [3.63, 3.8) is 0 Å². The molecule has 0 radical (unpaired) electrons. The SMILES string of the molecule is CC(C)C(=O)Nc1ccc(Cl)c(C(=O)NCC(C)(C)C(=O)O)c1. The molecule has 23 heavy (non-hydrogen) atoms. The first kappa shape index (κ1) is 19.0. The zero-order chi connectivity index (χ0) is 17.8. The molecule has 1 aromatic carbocycles. The fourth-order valence-electron chi connectivity index (χ4n) is 1.54. The Morgan fingerprint density at radius 1 is 1.26 bits per heavy atom. The number of nitrogens with one attached hydrogen (secondary N) is 2. The van der Waals surface area contributed by atoms with Crippen molar-refractivity contribution >= 4 is 35.1 Å². The molecule has 0 heterocycles. The summed E-state index contributed by atoms with van der Waals surface area (Å²) in [5.74, 6) is -1.88. The van der Waals surface area contributed by atoms with E-state index in [4.69, 9.17) is 16.7 Å². The molecule has 0 bridgehead atoms. The van der Waals surface area contributed by atoms with Crippen LogP contribution < -0.4 is 10.6 Å². The minimum atomic E-state index is -1.09. The number of carboxylic acid groups (broad SMARTS) is 1. The molecule has 1 rings (SSSR count). The Hall–Kier alpha value is -2.08. The highest BCUT2D eigenvalue weighted by molar-refractivity contribution is 6.34. The van der Waals surface area contributed by atoms with Crippen molar-refractivity contribution in [1.82, 2.24) is 5.32 Å². The molecule has 2 amide bonds. The van der Waals surface area contributed by atoms with Crippen LogP contribution in [0, 0.1) is 11.3 Å². The van der Waals surface area contributed by atoms with Gasteiger partial charge in [-0.25, -0.2) is 0 Å². The molecule has 0 aliphatic carbocycles. The first-order valence-corrected chi connectivity index (χ1v) is 7.54. The number of hydrogen-bond acceptors (Lipinski definition) is 3. The normalized spacial score (nSPS) is 11.2. The lowest BCUT2D eigenvalue weighted by molar-refractivity contribution is -0.146. The lowest BCUT2D eigenvalue weighted by Gasteiger charge is -2.19. The minimum absolute atomic E-state index is 0.0416. The highest BCUT2D eigenvalue weighted by Gasteiger charge is 2.28. The second kappa shape index (κ2) is 7.46. The van der Waals surface area contributed by atoms with Crippen LogP contribution in [0.25, 0.3) is 0 Å². The monoisotopic (exact) mass is 340 g/mol. The molecular formula is C16H21ClN2O4. The number of carboxylic acids is 1. The first-order chi connectivity index (χ1) is 10.5. The largest absolute Gasteiger partial charge is 0.481 e. The summed E-state index contributed by atoms with van der Waals surface area (Å²) in [6.45, 7) is 6.49. The van der Waals surface area contributed by atoms with Crippen molar-refractivity contribution in [3.8, 4) is 0 Å². The predicted molar refractivity (Wildman–Crippen MR) is 88.7 cm³/mol. The Morgan fingerprint density at radius 2 is 1.87 bits per heavy atom. The van der Waals surface area contributed by atoms with Crippen molar-refractivity contribution in [2.24, 2.45) is 11.3 Å². The standard InChI is InChI=1S/C16H21ClN2O4/c1-9(2)13(20)19-10-5-6-12(17)11(7-10)14(21)18-8-16(3,4)15(22)23/h5-7,9H,8H2,1-4H3,(H,18,21)(H,19,20)(H,22,23). The molecular weight excluding hydrogens is 320 g/mol. The third kappa shape index (κ3) is 5.25. The van der Waals surface area contributed by atoms with Gasteiger partial charge in [0.15, 0.2) is 0 Å². The Labute approximate surface area is 140 Å². The maximum atomic E-state index is 12.2. The third-order valence-electron chi connectivity index (χ3n) is 3.27. The van der Waals surface area contributed by atoms with Crippen LogP contribution >= 0.6 is 11.6 Å². The van der Waals surface area contributed by atoms with Crippen LogP contribution in [0.15, 0.2) is 18.2 Å². The number of anilines is 1. The van der Waals surface area contributed by atoms with E-state index < -0.39 is 17.3 Å². The van der Waals surface area contributed by atoms with Gasteiger partial charge in [-0.2, -0.15) is 0 Å². The first-order valence-electron chi connectivity index (χ1n) is 7.16. The molecule has 0 atom stereocenters. The molecule has 0 saturated heterocycles. The minimum Gasteiger partial charge on any atom is -0.481 e. The Morgan fingerprint density at radius 3 is 2.39 bits per heavy atom. The number of amides is 2. The van der Waals surface area contributed by atoms with Crippen LogP contribution in [0.4, 0.5) is 5.69 Å². The van der Waals surface area contributed by atoms with E-state index in [1.165, 1.54) is 26.0 Å². The lowest BCUT2D eigenvalue weighted by atomic mass is 9.94. The summed E-state index contributed by atoms with van der Waals surface area (Å²) in [6.07, 6.45) is 0. The third-order valence-corrected chi connectivity index (χ3v) is 3.60. The fraction of sp³-hybridized carbons (Fsp3) is 0.438. The van der Waals surface area contributed by atoms with Gasteiger partial charge in [-0.3, -0.25) is 14.4 Å². The van der Waals surface area contributed by atoms with E-state index >= 15 is 0 Å². The van der Waals surface area contributed by atoms with Gasteiger partial charge in [-0.1, -0.05) is 25.4 Å². The molecule has 0 aliphatic heterocycles. The second-order valence-corrected chi connectivity index (χ2v) is 6.62. The van der Waals surface area contributed by atoms with Crippen LogP contribution in [-0.4, -0.2) is 29.4 Å². The Balaban J connectivity index is 2.88. The smallest absolute Gasteiger partial charge is 0.310 e. The van der Waals surface area contributed by atoms with Gasteiger partial charge in [0, 0.05) is 18.2 Å². The molecule has 1 aromatic rings. The zero-order valence-corrected chi connectivity index (χ0v) is 14.3. The van der Waals surface area contributed by atoms with E-state index in [0.717, 1.165) is 0 Å². The molecule has 0 saturated carbocycles. The predicted octanol–water partition coefficient (Wildman–Crippen LogP) is 2.78. The molecule has 0 fully saturated rings. The Kier molecular flexibility index (Phi) is 6.15. The Bertz CT molecular complexity index is 627. The summed E-state index contributed by atoms with van der Waals surface area (Å²) in [5, 5.41) is 14.5. The highest BCUT2D eigenvalue weighted by Crippen LogP contribution is 2.22. The van der Waals surface area contributed by atoms with Gasteiger partial charge in [-0.15, -0.1) is 0 Å². The number of aliphatic carboxylic acids is 1. The summed E-state index contributed by atoms with van der Waals surface area (Å²) >= 11 is 6.01. The second-order valence-electron chi connectivity index (χ2n) is 6.21. The molecule has 0 aliphatic rings. The number of rotatable bonds is 6. The summed E-state index contributed by atoms with van der Waals surface area (Å²) in [4.78, 5) is 35.0. The molecule has 7 heteroatoms. The van der Waals surface area contributed by atoms with Crippen LogP contribution in [-0.2, 0) is 9.59 Å². The summed E-state index contributed by atoms with van der Waals surface area (Å²) in [7, 11) is 0. The van der Waals surface area contributed by atoms with Crippen LogP contribution in [0.2, 0.25) is 5.02 Å². The number of benzene rings is 1. The van der Waals surface area contributed by atoms with Crippen molar-refractivity contribution < 1.29 is 19.5 Å². The fourth-order valence-corrected chi connectivity index (χ4v) is 1.74. The van der Waals surface area contributed by atoms with Gasteiger partial charge < -0.3 is 15.7 Å². The van der Waals surface area contributed by atoms with E-state index in [1.54, 1.807) is 19.9 Å².